The monoisotopic (exact) mass is 253 g/mol. The van der Waals surface area contributed by atoms with Crippen LogP contribution in [0.25, 0.3) is 0 Å². The number of nitrogens with zero attached hydrogens (tertiary/aromatic N) is 1. The molecule has 2 rings (SSSR count). The zero-order valence-electron chi connectivity index (χ0n) is 12.5. The van der Waals surface area contributed by atoms with Gasteiger partial charge in [0.1, 0.15) is 0 Å². The second-order valence-electron chi connectivity index (χ2n) is 6.32. The molecule has 2 fully saturated rings. The van der Waals surface area contributed by atoms with Gasteiger partial charge in [-0.3, -0.25) is 0 Å². The van der Waals surface area contributed by atoms with E-state index >= 15 is 0 Å². The third-order valence-electron chi connectivity index (χ3n) is 4.61. The van der Waals surface area contributed by atoms with Crippen LogP contribution in [0, 0.1) is 28.6 Å². The fourth-order valence-electron chi connectivity index (χ4n) is 3.45. The normalized spacial score (nSPS) is 33.4. The zero-order chi connectivity index (χ0) is 12.7. The van der Waals surface area contributed by atoms with Gasteiger partial charge in [-0.05, 0) is 55.8 Å². The third kappa shape index (κ3) is 4.98. The van der Waals surface area contributed by atoms with Crippen LogP contribution >= 0.6 is 0 Å². The molecule has 0 radical (unpaired) electrons. The van der Waals surface area contributed by atoms with Crippen molar-refractivity contribution in [3.63, 3.8) is 0 Å². The van der Waals surface area contributed by atoms with Gasteiger partial charge < -0.3 is 5.48 Å². The van der Waals surface area contributed by atoms with E-state index in [1.165, 1.54) is 51.4 Å². The highest BCUT2D eigenvalue weighted by Gasteiger charge is 2.43. The van der Waals surface area contributed by atoms with Crippen molar-refractivity contribution in [2.45, 2.75) is 78.6 Å². The lowest BCUT2D eigenvalue weighted by molar-refractivity contribution is 0.00931. The van der Waals surface area contributed by atoms with Crippen LogP contribution < -0.4 is 0 Å². The summed E-state index contributed by atoms with van der Waals surface area (Å²) >= 11 is 0. The van der Waals surface area contributed by atoms with E-state index in [1.54, 1.807) is 0 Å². The molecule has 0 amide bonds. The van der Waals surface area contributed by atoms with Crippen molar-refractivity contribution in [2.75, 3.05) is 0 Å². The van der Waals surface area contributed by atoms with Gasteiger partial charge in [0.2, 0.25) is 0 Å². The van der Waals surface area contributed by atoms with E-state index in [2.05, 4.69) is 26.8 Å². The summed E-state index contributed by atoms with van der Waals surface area (Å²) in [5.41, 5.74) is 0.741. The van der Waals surface area contributed by atoms with E-state index < -0.39 is 0 Å². The summed E-state index contributed by atoms with van der Waals surface area (Å²) in [4.78, 5) is 0. The number of nitriles is 1. The number of rotatable bonds is 2. The third-order valence-corrected chi connectivity index (χ3v) is 4.61. The molecule has 0 heterocycles. The van der Waals surface area contributed by atoms with Gasteiger partial charge >= 0.3 is 0 Å². The van der Waals surface area contributed by atoms with E-state index in [4.69, 9.17) is 5.26 Å². The van der Waals surface area contributed by atoms with Crippen LogP contribution in [0.15, 0.2) is 0 Å². The van der Waals surface area contributed by atoms with Crippen LogP contribution in [0.1, 0.15) is 78.6 Å². The first kappa shape index (κ1) is 17.4. The Morgan fingerprint density at radius 3 is 1.94 bits per heavy atom. The average Bonchev–Trinajstić information content (AvgIpc) is 2.31. The van der Waals surface area contributed by atoms with Crippen molar-refractivity contribution in [2.24, 2.45) is 17.3 Å². The first-order valence-electron chi connectivity index (χ1n) is 7.52. The fourth-order valence-corrected chi connectivity index (χ4v) is 3.45. The van der Waals surface area contributed by atoms with E-state index in [0.717, 1.165) is 23.7 Å². The Morgan fingerprint density at radius 2 is 1.61 bits per heavy atom. The highest BCUT2D eigenvalue weighted by molar-refractivity contribution is 4.96. The lowest BCUT2D eigenvalue weighted by atomic mass is 9.55. The van der Waals surface area contributed by atoms with Crippen LogP contribution in [0.3, 0.4) is 0 Å². The van der Waals surface area contributed by atoms with Gasteiger partial charge in [0.05, 0.1) is 6.07 Å². The summed E-state index contributed by atoms with van der Waals surface area (Å²) in [6.07, 6.45) is 11.8. The topological polar surface area (TPSA) is 55.3 Å². The maximum Gasteiger partial charge on any atom is 0.0624 e. The highest BCUT2D eigenvalue weighted by Crippen LogP contribution is 2.55. The van der Waals surface area contributed by atoms with Gasteiger partial charge in [0, 0.05) is 6.42 Å². The van der Waals surface area contributed by atoms with E-state index in [0.29, 0.717) is 0 Å². The Bertz CT molecular complexity index is 238. The Kier molecular flexibility index (Phi) is 8.27. The standard InChI is InChI=1S/C12H19N.C4H10.H2O/c1-10-8-12(9-10)5-2-11(3-6-12)4-7-13;1-3-4-2;/h10-11H,2-6,8-9H2,1H3;3-4H2,1-2H3;1H2. The first-order chi connectivity index (χ1) is 8.15. The number of hydrogen-bond donors (Lipinski definition) is 0. The van der Waals surface area contributed by atoms with Crippen molar-refractivity contribution in [3.8, 4) is 6.07 Å². The minimum Gasteiger partial charge on any atom is -0.412 e. The minimum absolute atomic E-state index is 0. The van der Waals surface area contributed by atoms with Crippen LogP contribution in [0.4, 0.5) is 0 Å². The molecule has 0 saturated heterocycles. The Hall–Kier alpha value is -0.550. The van der Waals surface area contributed by atoms with Gasteiger partial charge in [0.15, 0.2) is 0 Å². The van der Waals surface area contributed by atoms with Gasteiger partial charge in [-0.15, -0.1) is 0 Å². The molecular formula is C16H31NO. The summed E-state index contributed by atoms with van der Waals surface area (Å²) in [5.74, 6) is 1.71. The van der Waals surface area contributed by atoms with Gasteiger partial charge in [-0.1, -0.05) is 33.6 Å². The summed E-state index contributed by atoms with van der Waals surface area (Å²) in [6, 6.07) is 2.31. The predicted molar refractivity (Wildman–Crippen MR) is 77.2 cm³/mol. The quantitative estimate of drug-likeness (QED) is 0.715. The maximum atomic E-state index is 8.61. The summed E-state index contributed by atoms with van der Waals surface area (Å²) in [6.45, 7) is 6.73. The first-order valence-corrected chi connectivity index (χ1v) is 7.52. The molecule has 2 saturated carbocycles. The van der Waals surface area contributed by atoms with E-state index in [9.17, 15) is 0 Å². The molecule has 0 aliphatic heterocycles. The zero-order valence-corrected chi connectivity index (χ0v) is 12.5. The van der Waals surface area contributed by atoms with E-state index in [-0.39, 0.29) is 5.48 Å². The highest BCUT2D eigenvalue weighted by atomic mass is 16.0. The van der Waals surface area contributed by atoms with E-state index in [1.807, 2.05) is 0 Å². The summed E-state index contributed by atoms with van der Waals surface area (Å²) < 4.78 is 0. The molecule has 0 atom stereocenters. The van der Waals surface area contributed by atoms with Crippen molar-refractivity contribution in [3.05, 3.63) is 0 Å². The molecule has 106 valence electrons. The second-order valence-corrected chi connectivity index (χ2v) is 6.32. The maximum absolute atomic E-state index is 8.61. The van der Waals surface area contributed by atoms with Crippen molar-refractivity contribution < 1.29 is 5.48 Å². The van der Waals surface area contributed by atoms with Crippen LogP contribution in [-0.4, -0.2) is 5.48 Å². The lowest BCUT2D eigenvalue weighted by Crippen LogP contribution is -2.39. The molecule has 0 bridgehead atoms. The smallest absolute Gasteiger partial charge is 0.0624 e. The van der Waals surface area contributed by atoms with Gasteiger partial charge in [-0.2, -0.15) is 5.26 Å². The second kappa shape index (κ2) is 8.53. The summed E-state index contributed by atoms with van der Waals surface area (Å²) in [7, 11) is 0. The minimum atomic E-state index is 0. The molecule has 2 nitrogen and oxygen atoms in total. The van der Waals surface area contributed by atoms with Crippen molar-refractivity contribution >= 4 is 0 Å². The van der Waals surface area contributed by atoms with Crippen molar-refractivity contribution in [1.29, 1.82) is 5.26 Å². The molecule has 2 heteroatoms. The predicted octanol–water partition coefficient (Wildman–Crippen LogP) is 4.49. The molecule has 2 aliphatic rings. The molecule has 0 aromatic carbocycles. The Morgan fingerprint density at radius 1 is 1.11 bits per heavy atom. The van der Waals surface area contributed by atoms with Crippen molar-refractivity contribution in [1.82, 2.24) is 0 Å². The molecule has 2 N–H and O–H groups in total. The fraction of sp³-hybridized carbons (Fsp3) is 0.938. The van der Waals surface area contributed by atoms with Crippen LogP contribution in [0.5, 0.6) is 0 Å². The lowest BCUT2D eigenvalue weighted by Gasteiger charge is -2.50. The molecule has 0 aromatic rings. The van der Waals surface area contributed by atoms with Crippen LogP contribution in [-0.2, 0) is 0 Å². The number of unbranched alkanes of at least 4 members (excludes halogenated alkanes) is 1. The Labute approximate surface area is 113 Å². The van der Waals surface area contributed by atoms with Gasteiger partial charge in [-0.25, -0.2) is 0 Å². The number of hydrogen-bond acceptors (Lipinski definition) is 1. The summed E-state index contributed by atoms with van der Waals surface area (Å²) in [5, 5.41) is 8.61. The molecule has 2 aliphatic carbocycles. The molecular weight excluding hydrogens is 222 g/mol. The average molecular weight is 253 g/mol. The van der Waals surface area contributed by atoms with Crippen LogP contribution in [0.2, 0.25) is 0 Å². The largest absolute Gasteiger partial charge is 0.412 e. The molecule has 0 aromatic heterocycles. The molecule has 1 spiro atoms. The Balaban J connectivity index is 0.000000512. The van der Waals surface area contributed by atoms with Gasteiger partial charge in [0.25, 0.3) is 0 Å². The molecule has 18 heavy (non-hydrogen) atoms. The SMILES string of the molecule is CC1CC2(CCC(CC#N)CC2)C1.CCCC.O. The molecule has 0 unspecified atom stereocenters.